The molecular weight excluding hydrogens is 320 g/mol. The van der Waals surface area contributed by atoms with Crippen molar-refractivity contribution in [3.05, 3.63) is 53.1 Å². The Bertz CT molecular complexity index is 793. The fourth-order valence-electron chi connectivity index (χ4n) is 3.93. The monoisotopic (exact) mass is 340 g/mol. The van der Waals surface area contributed by atoms with Gasteiger partial charge in [-0.25, -0.2) is 9.67 Å². The molecule has 0 spiro atoms. The Hall–Kier alpha value is -2.70. The van der Waals surface area contributed by atoms with Crippen LogP contribution in [0.4, 0.5) is 0 Å². The molecule has 0 radical (unpaired) electrons. The fraction of sp³-hybridized carbons (Fsp3) is 0.444. The highest BCUT2D eigenvalue weighted by atomic mass is 16.5. The largest absolute Gasteiger partial charge is 0.474 e. The van der Waals surface area contributed by atoms with Gasteiger partial charge in [-0.3, -0.25) is 9.59 Å². The smallest absolute Gasteiger partial charge is 0.267 e. The second kappa shape index (κ2) is 6.66. The number of hydrogen-bond acceptors (Lipinski definition) is 5. The van der Waals surface area contributed by atoms with Crippen molar-refractivity contribution in [1.82, 2.24) is 19.7 Å². The molecule has 0 aliphatic carbocycles. The van der Waals surface area contributed by atoms with Gasteiger partial charge in [-0.2, -0.15) is 5.10 Å². The van der Waals surface area contributed by atoms with Crippen LogP contribution in [0.1, 0.15) is 25.7 Å². The predicted molar refractivity (Wildman–Crippen MR) is 90.0 cm³/mol. The molecule has 2 aromatic rings. The molecule has 130 valence electrons. The van der Waals surface area contributed by atoms with Crippen LogP contribution in [0.5, 0.6) is 5.88 Å². The topological polar surface area (TPSA) is 77.3 Å². The summed E-state index contributed by atoms with van der Waals surface area (Å²) in [6.07, 6.45) is 6.88. The normalized spacial score (nSPS) is 25.0. The third-order valence-corrected chi connectivity index (χ3v) is 4.97. The molecule has 2 bridgehead atoms. The van der Waals surface area contributed by atoms with E-state index in [1.165, 1.54) is 16.9 Å². The van der Waals surface area contributed by atoms with Gasteiger partial charge in [0.25, 0.3) is 5.56 Å². The van der Waals surface area contributed by atoms with E-state index in [1.807, 2.05) is 23.1 Å². The number of hydrogen-bond donors (Lipinski definition) is 0. The molecule has 4 rings (SSSR count). The number of amides is 1. The van der Waals surface area contributed by atoms with E-state index in [1.54, 1.807) is 12.3 Å². The van der Waals surface area contributed by atoms with Crippen LogP contribution in [0.25, 0.3) is 0 Å². The van der Waals surface area contributed by atoms with Gasteiger partial charge in [0.1, 0.15) is 12.6 Å². The fourth-order valence-corrected chi connectivity index (χ4v) is 3.93. The molecule has 1 amide bonds. The average molecular weight is 340 g/mol. The van der Waals surface area contributed by atoms with Gasteiger partial charge in [0.05, 0.1) is 0 Å². The lowest BCUT2D eigenvalue weighted by atomic mass is 9.99. The summed E-state index contributed by atoms with van der Waals surface area (Å²) in [4.78, 5) is 30.7. The molecular formula is C18H20N4O3. The Balaban J connectivity index is 1.43. The Morgan fingerprint density at radius 1 is 1.12 bits per heavy atom. The summed E-state index contributed by atoms with van der Waals surface area (Å²) in [6.45, 7) is -0.00155. The van der Waals surface area contributed by atoms with Crippen molar-refractivity contribution >= 4 is 5.91 Å². The molecule has 2 atom stereocenters. The van der Waals surface area contributed by atoms with E-state index < -0.39 is 0 Å². The zero-order valence-corrected chi connectivity index (χ0v) is 13.8. The number of pyridine rings is 1. The van der Waals surface area contributed by atoms with Crippen molar-refractivity contribution in [2.24, 2.45) is 0 Å². The van der Waals surface area contributed by atoms with Gasteiger partial charge in [-0.05, 0) is 25.0 Å². The van der Waals surface area contributed by atoms with Crippen molar-refractivity contribution in [2.45, 2.75) is 50.4 Å². The molecule has 2 aliphatic rings. The van der Waals surface area contributed by atoms with Crippen LogP contribution in [0.3, 0.4) is 0 Å². The van der Waals surface area contributed by atoms with Crippen molar-refractivity contribution < 1.29 is 9.53 Å². The molecule has 2 aromatic heterocycles. The molecule has 2 aliphatic heterocycles. The molecule has 0 saturated carbocycles. The van der Waals surface area contributed by atoms with Crippen molar-refractivity contribution in [1.29, 1.82) is 0 Å². The molecule has 2 fully saturated rings. The summed E-state index contributed by atoms with van der Waals surface area (Å²) in [5.74, 6) is 0.594. The Kier molecular flexibility index (Phi) is 4.21. The summed E-state index contributed by atoms with van der Waals surface area (Å²) in [5, 5.41) is 3.98. The first-order chi connectivity index (χ1) is 12.2. The maximum Gasteiger partial charge on any atom is 0.267 e. The highest BCUT2D eigenvalue weighted by Crippen LogP contribution is 2.37. The standard InChI is InChI=1S/C18H20N4O3/c23-17-5-3-9-20-21(17)12-18(24)22-13-6-7-14(22)11-15(10-13)25-16-4-1-2-8-19-16/h1-5,8-9,13-15H,6-7,10-12H2. The Morgan fingerprint density at radius 2 is 1.92 bits per heavy atom. The van der Waals surface area contributed by atoms with E-state index in [9.17, 15) is 9.59 Å². The predicted octanol–water partition coefficient (Wildman–Crippen LogP) is 1.24. The van der Waals surface area contributed by atoms with E-state index in [0.717, 1.165) is 25.7 Å². The summed E-state index contributed by atoms with van der Waals surface area (Å²) < 4.78 is 7.21. The summed E-state index contributed by atoms with van der Waals surface area (Å²) >= 11 is 0. The minimum absolute atomic E-state index is 0.00155. The van der Waals surface area contributed by atoms with Crippen LogP contribution in [0.15, 0.2) is 47.5 Å². The average Bonchev–Trinajstić information content (AvgIpc) is 2.89. The van der Waals surface area contributed by atoms with E-state index >= 15 is 0 Å². The number of ether oxygens (including phenoxy) is 1. The molecule has 4 heterocycles. The molecule has 7 heteroatoms. The Labute approximate surface area is 145 Å². The number of carbonyl (C=O) groups excluding carboxylic acids is 1. The highest BCUT2D eigenvalue weighted by molar-refractivity contribution is 5.77. The molecule has 25 heavy (non-hydrogen) atoms. The number of nitrogens with zero attached hydrogens (tertiary/aromatic N) is 4. The van der Waals surface area contributed by atoms with Gasteiger partial charge in [0.2, 0.25) is 11.8 Å². The minimum atomic E-state index is -0.253. The van der Waals surface area contributed by atoms with Crippen LogP contribution in [0, 0.1) is 0 Å². The zero-order valence-electron chi connectivity index (χ0n) is 13.8. The Morgan fingerprint density at radius 3 is 2.60 bits per heavy atom. The highest BCUT2D eigenvalue weighted by Gasteiger charge is 2.44. The minimum Gasteiger partial charge on any atom is -0.474 e. The zero-order chi connectivity index (χ0) is 17.2. The first-order valence-corrected chi connectivity index (χ1v) is 8.61. The van der Waals surface area contributed by atoms with E-state index in [0.29, 0.717) is 5.88 Å². The molecule has 7 nitrogen and oxygen atoms in total. The molecule has 2 unspecified atom stereocenters. The van der Waals surface area contributed by atoms with E-state index in [4.69, 9.17) is 4.74 Å². The van der Waals surface area contributed by atoms with Crippen LogP contribution in [0.2, 0.25) is 0 Å². The summed E-state index contributed by atoms with van der Waals surface area (Å²) in [7, 11) is 0. The lowest BCUT2D eigenvalue weighted by Gasteiger charge is -2.38. The van der Waals surface area contributed by atoms with Gasteiger partial charge in [-0.15, -0.1) is 0 Å². The van der Waals surface area contributed by atoms with Gasteiger partial charge >= 0.3 is 0 Å². The van der Waals surface area contributed by atoms with E-state index in [2.05, 4.69) is 10.1 Å². The quantitative estimate of drug-likeness (QED) is 0.837. The molecule has 0 N–H and O–H groups in total. The van der Waals surface area contributed by atoms with Gasteiger partial charge < -0.3 is 9.64 Å². The van der Waals surface area contributed by atoms with Crippen LogP contribution in [-0.4, -0.2) is 43.8 Å². The summed E-state index contributed by atoms with van der Waals surface area (Å²) in [6, 6.07) is 8.94. The van der Waals surface area contributed by atoms with Crippen LogP contribution < -0.4 is 10.3 Å². The number of aromatic nitrogens is 3. The van der Waals surface area contributed by atoms with Crippen LogP contribution >= 0.6 is 0 Å². The maximum atomic E-state index is 12.7. The number of fused-ring (bicyclic) bond motifs is 2. The van der Waals surface area contributed by atoms with Gasteiger partial charge in [-0.1, -0.05) is 6.07 Å². The third kappa shape index (κ3) is 3.26. The second-order valence-electron chi connectivity index (χ2n) is 6.58. The van der Waals surface area contributed by atoms with Crippen molar-refractivity contribution in [3.8, 4) is 5.88 Å². The first kappa shape index (κ1) is 15.8. The lowest BCUT2D eigenvalue weighted by Crippen LogP contribution is -2.51. The SMILES string of the molecule is O=C(Cn1ncccc1=O)N1C2CCC1CC(Oc1ccccn1)C2. The number of piperidine rings is 1. The maximum absolute atomic E-state index is 12.7. The van der Waals surface area contributed by atoms with E-state index in [-0.39, 0.29) is 36.2 Å². The molecule has 0 aromatic carbocycles. The van der Waals surface area contributed by atoms with Gasteiger partial charge in [0.15, 0.2) is 0 Å². The van der Waals surface area contributed by atoms with Crippen molar-refractivity contribution in [2.75, 3.05) is 0 Å². The first-order valence-electron chi connectivity index (χ1n) is 8.61. The van der Waals surface area contributed by atoms with Gasteiger partial charge in [0, 0.05) is 49.5 Å². The summed E-state index contributed by atoms with van der Waals surface area (Å²) in [5.41, 5.74) is -0.253. The lowest BCUT2D eigenvalue weighted by molar-refractivity contribution is -0.138. The number of carbonyl (C=O) groups is 1. The third-order valence-electron chi connectivity index (χ3n) is 4.97. The molecule has 2 saturated heterocycles. The number of rotatable bonds is 4. The van der Waals surface area contributed by atoms with Crippen LogP contribution in [-0.2, 0) is 11.3 Å². The van der Waals surface area contributed by atoms with Crippen molar-refractivity contribution in [3.63, 3.8) is 0 Å². The second-order valence-corrected chi connectivity index (χ2v) is 6.58.